The summed E-state index contributed by atoms with van der Waals surface area (Å²) in [5, 5.41) is 21.0. The molecule has 6 heteroatoms. The van der Waals surface area contributed by atoms with Gasteiger partial charge in [-0.2, -0.15) is 0 Å². The third-order valence-electron chi connectivity index (χ3n) is 1.14. The molecule has 0 spiro atoms. The minimum atomic E-state index is -1.91. The molecule has 1 aromatic rings. The fraction of sp³-hybridized carbons (Fsp3) is 0. The van der Waals surface area contributed by atoms with Gasteiger partial charge in [-0.25, -0.2) is 0 Å². The first-order valence-electron chi connectivity index (χ1n) is 2.77. The van der Waals surface area contributed by atoms with Crippen LogP contribution in [0.2, 0.25) is 5.02 Å². The maximum Gasteiger partial charge on any atom is 1.00 e. The summed E-state index contributed by atoms with van der Waals surface area (Å²) in [5.74, 6) is 0. The summed E-state index contributed by atoms with van der Waals surface area (Å²) in [6.07, 6.45) is 0. The molecule has 0 aliphatic carbocycles. The molecule has 1 aromatic carbocycles. The van der Waals surface area contributed by atoms with Crippen molar-refractivity contribution in [2.75, 3.05) is 0 Å². The Morgan fingerprint density at radius 2 is 1.42 bits per heavy atom. The van der Waals surface area contributed by atoms with Crippen LogP contribution < -0.4 is 74.6 Å². The molecule has 0 saturated carbocycles. The van der Waals surface area contributed by atoms with E-state index < -0.39 is 7.12 Å². The quantitative estimate of drug-likeness (QED) is 0.423. The SMILES string of the molecule is [Na+].[Na+].[O-]B([O-])c1ccc(Cl)cc1. The van der Waals surface area contributed by atoms with E-state index >= 15 is 0 Å². The van der Waals surface area contributed by atoms with Crippen molar-refractivity contribution in [2.24, 2.45) is 0 Å². The molecule has 1 rings (SSSR count). The average molecular weight is 200 g/mol. The molecule has 0 heterocycles. The van der Waals surface area contributed by atoms with E-state index in [1.807, 2.05) is 0 Å². The molecule has 2 nitrogen and oxygen atoms in total. The van der Waals surface area contributed by atoms with E-state index in [0.717, 1.165) is 0 Å². The van der Waals surface area contributed by atoms with E-state index in [9.17, 15) is 10.0 Å². The van der Waals surface area contributed by atoms with Gasteiger partial charge < -0.3 is 10.0 Å². The molecule has 0 aromatic heterocycles. The van der Waals surface area contributed by atoms with Crippen LogP contribution in [0.1, 0.15) is 0 Å². The second-order valence-corrected chi connectivity index (χ2v) is 2.32. The number of benzene rings is 1. The van der Waals surface area contributed by atoms with Crippen molar-refractivity contribution in [3.05, 3.63) is 29.3 Å². The van der Waals surface area contributed by atoms with Gasteiger partial charge in [-0.15, -0.1) is 5.46 Å². The fourth-order valence-corrected chi connectivity index (χ4v) is 0.746. The zero-order chi connectivity index (χ0) is 7.56. The molecular formula is C6H4BClNa2O2. The molecule has 0 unspecified atom stereocenters. The van der Waals surface area contributed by atoms with Crippen LogP contribution in [0.3, 0.4) is 0 Å². The van der Waals surface area contributed by atoms with Gasteiger partial charge in [0, 0.05) is 5.02 Å². The van der Waals surface area contributed by atoms with Gasteiger partial charge in [-0.1, -0.05) is 30.9 Å². The summed E-state index contributed by atoms with van der Waals surface area (Å²) < 4.78 is 0. The summed E-state index contributed by atoms with van der Waals surface area (Å²) in [6.45, 7) is 0. The van der Waals surface area contributed by atoms with Gasteiger partial charge in [0.05, 0.1) is 0 Å². The van der Waals surface area contributed by atoms with Crippen molar-refractivity contribution >= 4 is 24.2 Å². The Morgan fingerprint density at radius 3 is 1.75 bits per heavy atom. The van der Waals surface area contributed by atoms with Crippen molar-refractivity contribution < 1.29 is 69.2 Å². The van der Waals surface area contributed by atoms with Gasteiger partial charge in [0.15, 0.2) is 0 Å². The molecule has 0 saturated heterocycles. The first-order chi connectivity index (χ1) is 4.70. The smallest absolute Gasteiger partial charge is 0.889 e. The van der Waals surface area contributed by atoms with Crippen LogP contribution in [0.15, 0.2) is 24.3 Å². The zero-order valence-corrected chi connectivity index (χ0v) is 11.8. The number of halogens is 1. The van der Waals surface area contributed by atoms with Crippen LogP contribution in [-0.4, -0.2) is 7.12 Å². The summed E-state index contributed by atoms with van der Waals surface area (Å²) >= 11 is 5.51. The Hall–Kier alpha value is 1.49. The Morgan fingerprint density at radius 1 is 1.00 bits per heavy atom. The van der Waals surface area contributed by atoms with Gasteiger partial charge in [0.25, 0.3) is 0 Å². The molecular weight excluding hydrogens is 196 g/mol. The van der Waals surface area contributed by atoms with Crippen molar-refractivity contribution in [2.45, 2.75) is 0 Å². The van der Waals surface area contributed by atoms with Crippen LogP contribution in [0.5, 0.6) is 0 Å². The van der Waals surface area contributed by atoms with E-state index in [1.165, 1.54) is 24.3 Å². The van der Waals surface area contributed by atoms with Crippen molar-refractivity contribution in [3.63, 3.8) is 0 Å². The molecule has 0 aliphatic rings. The minimum Gasteiger partial charge on any atom is -0.889 e. The van der Waals surface area contributed by atoms with Crippen molar-refractivity contribution in [3.8, 4) is 0 Å². The van der Waals surface area contributed by atoms with Gasteiger partial charge in [-0.05, 0) is 12.1 Å². The summed E-state index contributed by atoms with van der Waals surface area (Å²) in [6, 6.07) is 5.93. The van der Waals surface area contributed by atoms with Crippen molar-refractivity contribution in [1.29, 1.82) is 0 Å². The van der Waals surface area contributed by atoms with E-state index in [-0.39, 0.29) is 64.6 Å². The van der Waals surface area contributed by atoms with Crippen LogP contribution in [-0.2, 0) is 0 Å². The minimum absolute atomic E-state index is 0. The summed E-state index contributed by atoms with van der Waals surface area (Å²) in [7, 11) is -1.91. The molecule has 0 aliphatic heterocycles. The van der Waals surface area contributed by atoms with E-state index in [1.54, 1.807) is 0 Å². The second kappa shape index (κ2) is 7.86. The summed E-state index contributed by atoms with van der Waals surface area (Å²) in [5.41, 5.74) is 0.226. The second-order valence-electron chi connectivity index (χ2n) is 1.88. The van der Waals surface area contributed by atoms with Crippen LogP contribution in [0, 0.1) is 0 Å². The first kappa shape index (κ1) is 15.9. The largest absolute Gasteiger partial charge is 1.00 e. The molecule has 0 N–H and O–H groups in total. The van der Waals surface area contributed by atoms with E-state index in [0.29, 0.717) is 5.02 Å². The maximum absolute atomic E-state index is 10.2. The molecule has 0 fully saturated rings. The Labute approximate surface area is 121 Å². The fourth-order valence-electron chi connectivity index (χ4n) is 0.620. The van der Waals surface area contributed by atoms with Gasteiger partial charge in [0.1, 0.15) is 0 Å². The molecule has 52 valence electrons. The molecule has 0 radical (unpaired) electrons. The van der Waals surface area contributed by atoms with Gasteiger partial charge in [-0.3, -0.25) is 0 Å². The number of hydrogen-bond acceptors (Lipinski definition) is 2. The predicted molar refractivity (Wildman–Crippen MR) is 36.8 cm³/mol. The molecule has 12 heavy (non-hydrogen) atoms. The van der Waals surface area contributed by atoms with Gasteiger partial charge in [0.2, 0.25) is 0 Å². The first-order valence-corrected chi connectivity index (χ1v) is 3.15. The normalized spacial score (nSPS) is 7.92. The number of rotatable bonds is 1. The monoisotopic (exact) mass is 200 g/mol. The van der Waals surface area contributed by atoms with Crippen molar-refractivity contribution in [1.82, 2.24) is 0 Å². The standard InChI is InChI=1S/C6H4BClO2.2Na/c8-6-3-1-5(2-4-6)7(9)10;;/h1-4H;;/q-2;2*+1. The zero-order valence-electron chi connectivity index (χ0n) is 7.08. The van der Waals surface area contributed by atoms with Crippen LogP contribution in [0.4, 0.5) is 0 Å². The Kier molecular flexibility index (Phi) is 10.4. The Bertz CT molecular complexity index is 217. The Balaban J connectivity index is 0. The third kappa shape index (κ3) is 5.27. The van der Waals surface area contributed by atoms with Crippen LogP contribution in [0.25, 0.3) is 0 Å². The predicted octanol–water partition coefficient (Wildman–Crippen LogP) is -7.24. The third-order valence-corrected chi connectivity index (χ3v) is 1.39. The molecule has 0 atom stereocenters. The average Bonchev–Trinajstić information content (AvgIpc) is 1.88. The summed E-state index contributed by atoms with van der Waals surface area (Å²) in [4.78, 5) is 0. The van der Waals surface area contributed by atoms with E-state index in [4.69, 9.17) is 11.6 Å². The molecule has 0 bridgehead atoms. The topological polar surface area (TPSA) is 46.1 Å². The number of hydrogen-bond donors (Lipinski definition) is 0. The van der Waals surface area contributed by atoms with Crippen LogP contribution >= 0.6 is 11.6 Å². The van der Waals surface area contributed by atoms with Gasteiger partial charge >= 0.3 is 59.1 Å². The maximum atomic E-state index is 10.2. The molecule has 0 amide bonds. The van der Waals surface area contributed by atoms with E-state index in [2.05, 4.69) is 0 Å².